The molecular weight excluding hydrogens is 451 g/mol. The average Bonchev–Trinajstić information content (AvgIpc) is 3.24. The molecule has 3 aromatic heterocycles. The van der Waals surface area contributed by atoms with E-state index in [2.05, 4.69) is 36.3 Å². The Kier molecular flexibility index (Phi) is 6.47. The number of anilines is 3. The van der Waals surface area contributed by atoms with Crippen LogP contribution in [0, 0.1) is 5.82 Å². The summed E-state index contributed by atoms with van der Waals surface area (Å²) in [6, 6.07) is 5.48. The number of halogens is 1. The molecule has 11 heteroatoms. The largest absolute Gasteiger partial charge is 0.367 e. The summed E-state index contributed by atoms with van der Waals surface area (Å²) >= 11 is 0. The number of nitrogens with one attached hydrogen (secondary N) is 4. The van der Waals surface area contributed by atoms with Gasteiger partial charge in [0.2, 0.25) is 5.91 Å². The maximum atomic E-state index is 15.4. The van der Waals surface area contributed by atoms with E-state index in [4.69, 9.17) is 0 Å². The lowest BCUT2D eigenvalue weighted by Crippen LogP contribution is -2.39. The summed E-state index contributed by atoms with van der Waals surface area (Å²) in [6.45, 7) is 1.53. The normalized spacial score (nSPS) is 20.2. The highest BCUT2D eigenvalue weighted by Gasteiger charge is 2.25. The van der Waals surface area contributed by atoms with Crippen molar-refractivity contribution >= 4 is 34.8 Å². The second kappa shape index (κ2) is 9.85. The van der Waals surface area contributed by atoms with Crippen LogP contribution in [0.1, 0.15) is 62.4 Å². The number of amides is 2. The molecule has 0 bridgehead atoms. The molecule has 0 unspecified atom stereocenters. The topological polar surface area (TPSA) is 125 Å². The number of hydrogen-bond acceptors (Lipinski definition) is 7. The molecule has 2 aliphatic rings. The minimum atomic E-state index is -0.605. The van der Waals surface area contributed by atoms with E-state index in [1.165, 1.54) is 23.7 Å². The van der Waals surface area contributed by atoms with E-state index in [1.807, 2.05) is 0 Å². The van der Waals surface area contributed by atoms with Crippen molar-refractivity contribution in [3.63, 3.8) is 0 Å². The quantitative estimate of drug-likeness (QED) is 0.409. The number of imidazole rings is 1. The number of pyridine rings is 1. The first-order valence-corrected chi connectivity index (χ1v) is 12.1. The minimum absolute atomic E-state index is 0.0186. The van der Waals surface area contributed by atoms with Crippen LogP contribution in [0.3, 0.4) is 0 Å². The fourth-order valence-corrected chi connectivity index (χ4v) is 4.59. The van der Waals surface area contributed by atoms with Crippen LogP contribution in [-0.2, 0) is 4.79 Å². The van der Waals surface area contributed by atoms with Gasteiger partial charge in [-0.2, -0.15) is 5.10 Å². The smallest absolute Gasteiger partial charge is 0.276 e. The van der Waals surface area contributed by atoms with E-state index in [0.29, 0.717) is 11.5 Å². The Hall–Kier alpha value is -3.76. The monoisotopic (exact) mass is 480 g/mol. The number of hydrogen-bond donors (Lipinski definition) is 4. The average molecular weight is 481 g/mol. The Morgan fingerprint density at radius 1 is 1.06 bits per heavy atom. The van der Waals surface area contributed by atoms with Crippen molar-refractivity contribution in [2.24, 2.45) is 0 Å². The SMILES string of the molecule is CC(=O)NC1CCC(Nc2cc(NC(=O)c3cnc4cccnn34)c(F)c(NC3CCC3)n2)CC1. The molecule has 2 amide bonds. The van der Waals surface area contributed by atoms with Crippen molar-refractivity contribution in [2.45, 2.75) is 70.0 Å². The predicted octanol–water partition coefficient (Wildman–Crippen LogP) is 3.34. The van der Waals surface area contributed by atoms with Crippen LogP contribution in [-0.4, -0.2) is 49.5 Å². The zero-order valence-corrected chi connectivity index (χ0v) is 19.6. The van der Waals surface area contributed by atoms with Gasteiger partial charge in [0.05, 0.1) is 11.9 Å². The lowest BCUT2D eigenvalue weighted by molar-refractivity contribution is -0.119. The Morgan fingerprint density at radius 2 is 1.80 bits per heavy atom. The highest BCUT2D eigenvalue weighted by Crippen LogP contribution is 2.30. The summed E-state index contributed by atoms with van der Waals surface area (Å²) in [5.41, 5.74) is 0.765. The molecule has 10 nitrogen and oxygen atoms in total. The van der Waals surface area contributed by atoms with Crippen molar-refractivity contribution in [1.29, 1.82) is 0 Å². The van der Waals surface area contributed by atoms with Gasteiger partial charge in [0.25, 0.3) is 5.91 Å². The molecule has 2 saturated carbocycles. The van der Waals surface area contributed by atoms with E-state index < -0.39 is 11.7 Å². The van der Waals surface area contributed by atoms with Crippen molar-refractivity contribution in [1.82, 2.24) is 24.9 Å². The van der Waals surface area contributed by atoms with Gasteiger partial charge in [0, 0.05) is 37.3 Å². The van der Waals surface area contributed by atoms with Gasteiger partial charge >= 0.3 is 0 Å². The second-order valence-electron chi connectivity index (χ2n) is 9.27. The maximum absolute atomic E-state index is 15.4. The van der Waals surface area contributed by atoms with E-state index in [1.54, 1.807) is 18.3 Å². The van der Waals surface area contributed by atoms with Crippen molar-refractivity contribution < 1.29 is 14.0 Å². The van der Waals surface area contributed by atoms with E-state index in [-0.39, 0.29) is 41.2 Å². The summed E-state index contributed by atoms with van der Waals surface area (Å²) < 4.78 is 16.8. The van der Waals surface area contributed by atoms with Crippen molar-refractivity contribution in [2.75, 3.05) is 16.0 Å². The number of nitrogens with zero attached hydrogens (tertiary/aromatic N) is 4. The molecular formula is C24H29FN8O2. The standard InChI is InChI=1S/C24H29FN8O2/c1-14(34)28-16-7-9-17(10-8-16)29-20-12-18(22(25)23(32-20)30-15-4-2-5-15)31-24(35)19-13-26-21-6-3-11-27-33(19)21/h3,6,11-13,15-17H,2,4-5,7-10H2,1H3,(H,28,34)(H3,29,30,31,32,35). The first kappa shape index (κ1) is 23.0. The van der Waals surface area contributed by atoms with Crippen LogP contribution < -0.4 is 21.3 Å². The predicted molar refractivity (Wildman–Crippen MR) is 130 cm³/mol. The summed E-state index contributed by atoms with van der Waals surface area (Å²) in [5.74, 6) is -0.527. The fourth-order valence-electron chi connectivity index (χ4n) is 4.59. The first-order chi connectivity index (χ1) is 17.0. The zero-order valence-electron chi connectivity index (χ0n) is 19.6. The van der Waals surface area contributed by atoms with Gasteiger partial charge in [-0.15, -0.1) is 0 Å². The number of aromatic nitrogens is 4. The highest BCUT2D eigenvalue weighted by molar-refractivity contribution is 6.03. The summed E-state index contributed by atoms with van der Waals surface area (Å²) in [6.07, 6.45) is 9.41. The Bertz CT molecular complexity index is 1230. The molecule has 3 heterocycles. The number of rotatable bonds is 7. The van der Waals surface area contributed by atoms with E-state index in [0.717, 1.165) is 44.9 Å². The minimum Gasteiger partial charge on any atom is -0.367 e. The summed E-state index contributed by atoms with van der Waals surface area (Å²) in [5, 5.41) is 16.4. The lowest BCUT2D eigenvalue weighted by Gasteiger charge is -2.30. The van der Waals surface area contributed by atoms with Crippen LogP contribution in [0.2, 0.25) is 0 Å². The maximum Gasteiger partial charge on any atom is 0.276 e. The molecule has 0 radical (unpaired) electrons. The van der Waals surface area contributed by atoms with Crippen molar-refractivity contribution in [3.05, 3.63) is 42.1 Å². The van der Waals surface area contributed by atoms with Crippen LogP contribution in [0.15, 0.2) is 30.6 Å². The first-order valence-electron chi connectivity index (χ1n) is 12.1. The second-order valence-corrected chi connectivity index (χ2v) is 9.27. The molecule has 2 aliphatic carbocycles. The number of fused-ring (bicyclic) bond motifs is 1. The van der Waals surface area contributed by atoms with Gasteiger partial charge in [-0.25, -0.2) is 18.9 Å². The molecule has 0 atom stereocenters. The summed E-state index contributed by atoms with van der Waals surface area (Å²) in [7, 11) is 0. The molecule has 35 heavy (non-hydrogen) atoms. The molecule has 184 valence electrons. The van der Waals surface area contributed by atoms with Gasteiger partial charge < -0.3 is 21.3 Å². The number of carbonyl (C=O) groups excluding carboxylic acids is 2. The Labute approximate surface area is 202 Å². The van der Waals surface area contributed by atoms with Crippen LogP contribution in [0.25, 0.3) is 5.65 Å². The third kappa shape index (κ3) is 5.18. The Morgan fingerprint density at radius 3 is 2.51 bits per heavy atom. The third-order valence-corrected chi connectivity index (χ3v) is 6.65. The molecule has 2 fully saturated rings. The molecule has 4 N–H and O–H groups in total. The molecule has 0 saturated heterocycles. The fraction of sp³-hybridized carbons (Fsp3) is 0.458. The van der Waals surface area contributed by atoms with Gasteiger partial charge in [0.1, 0.15) is 5.82 Å². The van der Waals surface area contributed by atoms with E-state index >= 15 is 4.39 Å². The molecule has 0 aliphatic heterocycles. The lowest BCUT2D eigenvalue weighted by atomic mass is 9.91. The van der Waals surface area contributed by atoms with Gasteiger partial charge in [-0.05, 0) is 57.1 Å². The van der Waals surface area contributed by atoms with Gasteiger partial charge in [-0.3, -0.25) is 9.59 Å². The van der Waals surface area contributed by atoms with Crippen LogP contribution in [0.4, 0.5) is 21.7 Å². The highest BCUT2D eigenvalue weighted by atomic mass is 19.1. The molecule has 0 spiro atoms. The zero-order chi connectivity index (χ0) is 24.4. The van der Waals surface area contributed by atoms with E-state index in [9.17, 15) is 9.59 Å². The van der Waals surface area contributed by atoms with Gasteiger partial charge in [0.15, 0.2) is 23.0 Å². The molecule has 5 rings (SSSR count). The third-order valence-electron chi connectivity index (χ3n) is 6.65. The Balaban J connectivity index is 1.35. The number of carbonyl (C=O) groups is 2. The molecule has 3 aromatic rings. The van der Waals surface area contributed by atoms with Crippen LogP contribution in [0.5, 0.6) is 0 Å². The van der Waals surface area contributed by atoms with Crippen molar-refractivity contribution in [3.8, 4) is 0 Å². The summed E-state index contributed by atoms with van der Waals surface area (Å²) in [4.78, 5) is 33.0. The van der Waals surface area contributed by atoms with Crippen LogP contribution >= 0.6 is 0 Å². The van der Waals surface area contributed by atoms with Gasteiger partial charge in [-0.1, -0.05) is 0 Å². The molecule has 0 aromatic carbocycles.